The van der Waals surface area contributed by atoms with Crippen LogP contribution in [0.15, 0.2) is 54.6 Å². The minimum absolute atomic E-state index is 0.0387. The van der Waals surface area contributed by atoms with Gasteiger partial charge in [-0.2, -0.15) is 0 Å². The average Bonchev–Trinajstić information content (AvgIpc) is 2.88. The number of ether oxygens (including phenoxy) is 1. The van der Waals surface area contributed by atoms with E-state index in [4.69, 9.17) is 4.74 Å². The van der Waals surface area contributed by atoms with Gasteiger partial charge in [-0.15, -0.1) is 0 Å². The van der Waals surface area contributed by atoms with Crippen molar-refractivity contribution in [1.82, 2.24) is 25.1 Å². The van der Waals surface area contributed by atoms with E-state index >= 15 is 0 Å². The molecule has 196 valence electrons. The molecule has 0 saturated carbocycles. The van der Waals surface area contributed by atoms with Crippen molar-refractivity contribution >= 4 is 23.8 Å². The van der Waals surface area contributed by atoms with Crippen molar-refractivity contribution in [2.75, 3.05) is 27.2 Å². The summed E-state index contributed by atoms with van der Waals surface area (Å²) in [6.45, 7) is 1.96. The summed E-state index contributed by atoms with van der Waals surface area (Å²) in [5.41, 5.74) is 1.72. The standard InChI is InChI=1S/C26H31N5O6/c1-17(19-7-5-4-6-8-19)29-15-22-30(21(25(29)35)13-24(33)34)23(32)16-28(2)31(22)26(36)27-14-18-9-11-20(37-3)12-10-18/h4-12,17,21-22H,13-16H2,1-3H3,(H,27,36)(H,33,34)/t17-,21-,22-/m0/s1. The van der Waals surface area contributed by atoms with Crippen molar-refractivity contribution in [3.8, 4) is 5.75 Å². The van der Waals surface area contributed by atoms with E-state index in [9.17, 15) is 24.3 Å². The maximum absolute atomic E-state index is 13.5. The summed E-state index contributed by atoms with van der Waals surface area (Å²) < 4.78 is 5.17. The van der Waals surface area contributed by atoms with Crippen molar-refractivity contribution in [3.05, 3.63) is 65.7 Å². The van der Waals surface area contributed by atoms with E-state index < -0.39 is 48.5 Å². The second-order valence-electron chi connectivity index (χ2n) is 9.14. The largest absolute Gasteiger partial charge is 0.497 e. The van der Waals surface area contributed by atoms with E-state index in [0.717, 1.165) is 11.1 Å². The zero-order valence-corrected chi connectivity index (χ0v) is 21.0. The number of nitrogens with zero attached hydrogens (tertiary/aromatic N) is 4. The number of carbonyl (C=O) groups excluding carboxylic acids is 3. The highest BCUT2D eigenvalue weighted by atomic mass is 16.5. The fraction of sp³-hybridized carbons (Fsp3) is 0.385. The molecule has 2 heterocycles. The molecule has 0 radical (unpaired) electrons. The molecule has 4 amide bonds. The summed E-state index contributed by atoms with van der Waals surface area (Å²) in [5, 5.41) is 15.3. The predicted octanol–water partition coefficient (Wildman–Crippen LogP) is 1.67. The van der Waals surface area contributed by atoms with E-state index in [-0.39, 0.29) is 19.6 Å². The van der Waals surface area contributed by atoms with Crippen LogP contribution in [-0.2, 0) is 20.9 Å². The molecule has 2 saturated heterocycles. The van der Waals surface area contributed by atoms with Gasteiger partial charge in [0.25, 0.3) is 0 Å². The minimum atomic E-state index is -1.22. The fourth-order valence-corrected chi connectivity index (χ4v) is 4.89. The Bertz CT molecular complexity index is 1160. The minimum Gasteiger partial charge on any atom is -0.497 e. The second-order valence-corrected chi connectivity index (χ2v) is 9.14. The number of carbonyl (C=O) groups is 4. The van der Waals surface area contributed by atoms with Crippen LogP contribution in [0.1, 0.15) is 30.5 Å². The molecule has 11 heteroatoms. The Labute approximate surface area is 215 Å². The molecule has 11 nitrogen and oxygen atoms in total. The smallest absolute Gasteiger partial charge is 0.334 e. The van der Waals surface area contributed by atoms with Crippen LogP contribution < -0.4 is 10.1 Å². The summed E-state index contributed by atoms with van der Waals surface area (Å²) in [4.78, 5) is 54.5. The number of urea groups is 1. The van der Waals surface area contributed by atoms with Crippen LogP contribution in [0.2, 0.25) is 0 Å². The molecule has 4 rings (SSSR count). The molecule has 2 aromatic rings. The summed E-state index contributed by atoms with van der Waals surface area (Å²) in [5.74, 6) is -1.36. The molecule has 3 atom stereocenters. The summed E-state index contributed by atoms with van der Waals surface area (Å²) in [6.07, 6.45) is -1.42. The number of hydrazine groups is 1. The molecule has 0 aliphatic carbocycles. The summed E-state index contributed by atoms with van der Waals surface area (Å²) in [7, 11) is 3.19. The van der Waals surface area contributed by atoms with Gasteiger partial charge in [-0.25, -0.2) is 14.8 Å². The van der Waals surface area contributed by atoms with E-state index in [2.05, 4.69) is 5.32 Å². The number of fused-ring (bicyclic) bond motifs is 1. The Kier molecular flexibility index (Phi) is 7.63. The fourth-order valence-electron chi connectivity index (χ4n) is 4.89. The van der Waals surface area contributed by atoms with Gasteiger partial charge in [-0.3, -0.25) is 14.4 Å². The van der Waals surface area contributed by atoms with Crippen LogP contribution in [0.25, 0.3) is 0 Å². The van der Waals surface area contributed by atoms with Crippen molar-refractivity contribution < 1.29 is 29.0 Å². The van der Waals surface area contributed by atoms with Gasteiger partial charge in [0.15, 0.2) is 0 Å². The number of benzene rings is 2. The van der Waals surface area contributed by atoms with E-state index in [0.29, 0.717) is 5.75 Å². The van der Waals surface area contributed by atoms with Gasteiger partial charge in [0.2, 0.25) is 11.8 Å². The van der Waals surface area contributed by atoms with Gasteiger partial charge >= 0.3 is 12.0 Å². The third-order valence-electron chi connectivity index (χ3n) is 6.82. The number of amides is 4. The Morgan fingerprint density at radius 2 is 1.78 bits per heavy atom. The zero-order chi connectivity index (χ0) is 26.7. The molecule has 0 aromatic heterocycles. The number of hydrogen-bond donors (Lipinski definition) is 2. The van der Waals surface area contributed by atoms with Gasteiger partial charge < -0.3 is 25.0 Å². The molecule has 2 aromatic carbocycles. The predicted molar refractivity (Wildman–Crippen MR) is 133 cm³/mol. The molecular formula is C26H31N5O6. The van der Waals surface area contributed by atoms with Crippen molar-refractivity contribution in [1.29, 1.82) is 0 Å². The maximum atomic E-state index is 13.5. The third kappa shape index (κ3) is 5.36. The molecule has 0 bridgehead atoms. The normalized spacial score (nSPS) is 20.9. The van der Waals surface area contributed by atoms with Gasteiger partial charge in [-0.1, -0.05) is 42.5 Å². The molecule has 2 N–H and O–H groups in total. The number of rotatable bonds is 7. The number of methoxy groups -OCH3 is 1. The van der Waals surface area contributed by atoms with E-state index in [1.165, 1.54) is 14.9 Å². The lowest BCUT2D eigenvalue weighted by Gasteiger charge is -2.55. The van der Waals surface area contributed by atoms with Gasteiger partial charge in [0, 0.05) is 13.6 Å². The van der Waals surface area contributed by atoms with Gasteiger partial charge in [-0.05, 0) is 30.2 Å². The van der Waals surface area contributed by atoms with Gasteiger partial charge in [0.1, 0.15) is 18.0 Å². The summed E-state index contributed by atoms with van der Waals surface area (Å²) in [6, 6.07) is 14.5. The van der Waals surface area contributed by atoms with E-state index in [1.54, 1.807) is 31.2 Å². The highest BCUT2D eigenvalue weighted by Crippen LogP contribution is 2.32. The lowest BCUT2D eigenvalue weighted by molar-refractivity contribution is -0.190. The van der Waals surface area contributed by atoms with Gasteiger partial charge in [0.05, 0.1) is 32.7 Å². The molecule has 0 unspecified atom stereocenters. The lowest BCUT2D eigenvalue weighted by atomic mass is 9.99. The monoisotopic (exact) mass is 509 g/mol. The lowest BCUT2D eigenvalue weighted by Crippen LogP contribution is -2.76. The second kappa shape index (κ2) is 10.9. The maximum Gasteiger partial charge on any atom is 0.334 e. The van der Waals surface area contributed by atoms with Crippen LogP contribution in [0.4, 0.5) is 4.79 Å². The first-order valence-electron chi connectivity index (χ1n) is 12.0. The number of likely N-dealkylation sites (N-methyl/N-ethyl adjacent to an activating group) is 1. The molecule has 37 heavy (non-hydrogen) atoms. The highest BCUT2D eigenvalue weighted by Gasteiger charge is 2.52. The topological polar surface area (TPSA) is 123 Å². The number of aliphatic carboxylic acids is 1. The molecule has 0 spiro atoms. The molecule has 2 fully saturated rings. The number of carboxylic acid groups (broad SMARTS) is 1. The molecular weight excluding hydrogens is 478 g/mol. The quantitative estimate of drug-likeness (QED) is 0.582. The zero-order valence-electron chi connectivity index (χ0n) is 21.0. The third-order valence-corrected chi connectivity index (χ3v) is 6.82. The van der Waals surface area contributed by atoms with Crippen molar-refractivity contribution in [2.24, 2.45) is 0 Å². The Hall–Kier alpha value is -4.12. The van der Waals surface area contributed by atoms with E-state index in [1.807, 2.05) is 49.4 Å². The number of carboxylic acids is 1. The Balaban J connectivity index is 1.62. The van der Waals surface area contributed by atoms with Crippen LogP contribution in [0, 0.1) is 0 Å². The molecule has 2 aliphatic rings. The Morgan fingerprint density at radius 3 is 2.41 bits per heavy atom. The van der Waals surface area contributed by atoms with Crippen LogP contribution >= 0.6 is 0 Å². The van der Waals surface area contributed by atoms with Crippen LogP contribution in [0.5, 0.6) is 5.75 Å². The van der Waals surface area contributed by atoms with Crippen LogP contribution in [-0.4, -0.2) is 88.2 Å². The number of hydrogen-bond acceptors (Lipinski definition) is 6. The average molecular weight is 510 g/mol. The molecule has 2 aliphatic heterocycles. The SMILES string of the molecule is COc1ccc(CNC(=O)N2[C@H]3CN([C@@H](C)c4ccccc4)C(=O)[C@H](CC(=O)O)N3C(=O)CN2C)cc1. The van der Waals surface area contributed by atoms with Crippen molar-refractivity contribution in [3.63, 3.8) is 0 Å². The first-order chi connectivity index (χ1) is 17.7. The Morgan fingerprint density at radius 1 is 1.11 bits per heavy atom. The first kappa shape index (κ1) is 26.0. The highest BCUT2D eigenvalue weighted by molar-refractivity contribution is 5.93. The van der Waals surface area contributed by atoms with Crippen LogP contribution in [0.3, 0.4) is 0 Å². The summed E-state index contributed by atoms with van der Waals surface area (Å²) >= 11 is 0. The van der Waals surface area contributed by atoms with Crippen molar-refractivity contribution in [2.45, 2.75) is 38.1 Å². The first-order valence-corrected chi connectivity index (χ1v) is 12.0. The number of nitrogens with one attached hydrogen (secondary N) is 1. The number of piperazine rings is 1.